The Labute approximate surface area is 114 Å². The van der Waals surface area contributed by atoms with Crippen molar-refractivity contribution in [2.24, 2.45) is 0 Å². The number of hydrogen-bond acceptors (Lipinski definition) is 2. The Bertz CT molecular complexity index is 596. The van der Waals surface area contributed by atoms with Crippen molar-refractivity contribution in [3.8, 4) is 5.75 Å². The van der Waals surface area contributed by atoms with Crippen molar-refractivity contribution in [3.05, 3.63) is 58.1 Å². The lowest BCUT2D eigenvalue weighted by molar-refractivity contribution is 0.102. The molecule has 18 heavy (non-hydrogen) atoms. The first-order valence-corrected chi connectivity index (χ1v) is 6.23. The maximum Gasteiger partial charge on any atom is 0.256 e. The van der Waals surface area contributed by atoms with Crippen LogP contribution >= 0.6 is 15.9 Å². The lowest BCUT2D eigenvalue weighted by atomic mass is 10.1. The Hall–Kier alpha value is -1.81. The average Bonchev–Trinajstić information content (AvgIpc) is 2.33. The minimum atomic E-state index is -0.184. The van der Waals surface area contributed by atoms with E-state index in [0.29, 0.717) is 11.3 Å². The summed E-state index contributed by atoms with van der Waals surface area (Å²) in [5.74, 6) is 0.00246. The van der Waals surface area contributed by atoms with Crippen LogP contribution in [0.3, 0.4) is 0 Å². The van der Waals surface area contributed by atoms with E-state index in [1.54, 1.807) is 24.3 Å². The molecule has 0 unspecified atom stereocenters. The number of carbonyl (C=O) groups is 1. The standard InChI is InChI=1S/C14H12BrNO2/c1-9-8-10(17)6-7-13(9)16-14(18)11-4-2-3-5-12(11)15/h2-8,17H,1H3,(H,16,18). The fourth-order valence-electron chi connectivity index (χ4n) is 1.62. The molecule has 92 valence electrons. The highest BCUT2D eigenvalue weighted by atomic mass is 79.9. The van der Waals surface area contributed by atoms with Gasteiger partial charge in [0.05, 0.1) is 5.56 Å². The zero-order valence-electron chi connectivity index (χ0n) is 9.77. The number of phenolic OH excluding ortho intramolecular Hbond substituents is 1. The predicted octanol–water partition coefficient (Wildman–Crippen LogP) is 3.72. The van der Waals surface area contributed by atoms with Gasteiger partial charge in [0.25, 0.3) is 5.91 Å². The van der Waals surface area contributed by atoms with Gasteiger partial charge in [-0.25, -0.2) is 0 Å². The molecule has 1 amide bonds. The molecule has 3 nitrogen and oxygen atoms in total. The van der Waals surface area contributed by atoms with Crippen LogP contribution < -0.4 is 5.32 Å². The number of nitrogens with one attached hydrogen (secondary N) is 1. The van der Waals surface area contributed by atoms with Gasteiger partial charge in [-0.2, -0.15) is 0 Å². The molecule has 2 aromatic rings. The molecule has 0 aromatic heterocycles. The molecule has 0 saturated carbocycles. The Morgan fingerprint density at radius 3 is 2.61 bits per heavy atom. The molecule has 0 atom stereocenters. The third-order valence-corrected chi connectivity index (χ3v) is 3.27. The summed E-state index contributed by atoms with van der Waals surface area (Å²) in [6, 6.07) is 12.1. The van der Waals surface area contributed by atoms with E-state index in [1.807, 2.05) is 25.1 Å². The number of phenols is 1. The molecule has 2 aromatic carbocycles. The molecule has 0 spiro atoms. The van der Waals surface area contributed by atoms with Crippen LogP contribution in [0.1, 0.15) is 15.9 Å². The molecule has 0 bridgehead atoms. The van der Waals surface area contributed by atoms with Crippen molar-refractivity contribution in [1.82, 2.24) is 0 Å². The number of halogens is 1. The number of anilines is 1. The van der Waals surface area contributed by atoms with Gasteiger partial charge < -0.3 is 10.4 Å². The van der Waals surface area contributed by atoms with Crippen molar-refractivity contribution in [1.29, 1.82) is 0 Å². The molecule has 4 heteroatoms. The fraction of sp³-hybridized carbons (Fsp3) is 0.0714. The van der Waals surface area contributed by atoms with E-state index >= 15 is 0 Å². The normalized spacial score (nSPS) is 10.1. The smallest absolute Gasteiger partial charge is 0.256 e. The van der Waals surface area contributed by atoms with Gasteiger partial charge in [-0.15, -0.1) is 0 Å². The molecule has 0 aliphatic rings. The summed E-state index contributed by atoms with van der Waals surface area (Å²) in [4.78, 5) is 12.1. The van der Waals surface area contributed by atoms with E-state index in [-0.39, 0.29) is 11.7 Å². The van der Waals surface area contributed by atoms with Gasteiger partial charge in [-0.1, -0.05) is 12.1 Å². The van der Waals surface area contributed by atoms with Gasteiger partial charge in [0.1, 0.15) is 5.75 Å². The molecule has 2 N–H and O–H groups in total. The van der Waals surface area contributed by atoms with E-state index < -0.39 is 0 Å². The van der Waals surface area contributed by atoms with Gasteiger partial charge in [-0.05, 0) is 58.7 Å². The number of aromatic hydroxyl groups is 1. The van der Waals surface area contributed by atoms with Crippen LogP contribution in [0.25, 0.3) is 0 Å². The molecule has 0 aliphatic carbocycles. The van der Waals surface area contributed by atoms with E-state index in [1.165, 1.54) is 0 Å². The van der Waals surface area contributed by atoms with Crippen LogP contribution in [0.5, 0.6) is 5.75 Å². The Kier molecular flexibility index (Phi) is 3.67. The maximum absolute atomic E-state index is 12.1. The summed E-state index contributed by atoms with van der Waals surface area (Å²) in [6.07, 6.45) is 0. The number of rotatable bonds is 2. The van der Waals surface area contributed by atoms with E-state index in [9.17, 15) is 9.90 Å². The summed E-state index contributed by atoms with van der Waals surface area (Å²) in [6.45, 7) is 1.83. The average molecular weight is 306 g/mol. The van der Waals surface area contributed by atoms with Gasteiger partial charge in [0.15, 0.2) is 0 Å². The van der Waals surface area contributed by atoms with Crippen LogP contribution in [0.2, 0.25) is 0 Å². The Balaban J connectivity index is 2.24. The minimum Gasteiger partial charge on any atom is -0.508 e. The Morgan fingerprint density at radius 1 is 1.22 bits per heavy atom. The summed E-state index contributed by atoms with van der Waals surface area (Å²) in [5, 5.41) is 12.1. The highest BCUT2D eigenvalue weighted by Crippen LogP contribution is 2.22. The van der Waals surface area contributed by atoms with Crippen molar-refractivity contribution in [3.63, 3.8) is 0 Å². The van der Waals surface area contributed by atoms with Crippen LogP contribution in [0, 0.1) is 6.92 Å². The van der Waals surface area contributed by atoms with Crippen molar-refractivity contribution >= 4 is 27.5 Å². The largest absolute Gasteiger partial charge is 0.508 e. The zero-order chi connectivity index (χ0) is 13.1. The minimum absolute atomic E-state index is 0.184. The molecule has 0 aliphatic heterocycles. The second kappa shape index (κ2) is 5.23. The number of hydrogen-bond donors (Lipinski definition) is 2. The lowest BCUT2D eigenvalue weighted by Crippen LogP contribution is -2.13. The SMILES string of the molecule is Cc1cc(O)ccc1NC(=O)c1ccccc1Br. The summed E-state index contributed by atoms with van der Waals surface area (Å²) >= 11 is 3.34. The second-order valence-electron chi connectivity index (χ2n) is 3.93. The first-order chi connectivity index (χ1) is 8.58. The summed E-state index contributed by atoms with van der Waals surface area (Å²) in [7, 11) is 0. The van der Waals surface area contributed by atoms with Crippen LogP contribution in [-0.2, 0) is 0 Å². The zero-order valence-corrected chi connectivity index (χ0v) is 11.4. The van der Waals surface area contributed by atoms with Gasteiger partial charge in [-0.3, -0.25) is 4.79 Å². The molecule has 0 saturated heterocycles. The fourth-order valence-corrected chi connectivity index (χ4v) is 2.09. The van der Waals surface area contributed by atoms with Crippen LogP contribution in [-0.4, -0.2) is 11.0 Å². The lowest BCUT2D eigenvalue weighted by Gasteiger charge is -2.09. The molecular weight excluding hydrogens is 294 g/mol. The van der Waals surface area contributed by atoms with Crippen molar-refractivity contribution < 1.29 is 9.90 Å². The van der Waals surface area contributed by atoms with Crippen molar-refractivity contribution in [2.45, 2.75) is 6.92 Å². The Morgan fingerprint density at radius 2 is 1.94 bits per heavy atom. The van der Waals surface area contributed by atoms with E-state index in [0.717, 1.165) is 10.0 Å². The van der Waals surface area contributed by atoms with Gasteiger partial charge in [0.2, 0.25) is 0 Å². The molecule has 0 radical (unpaired) electrons. The summed E-state index contributed by atoms with van der Waals surface area (Å²) < 4.78 is 0.749. The highest BCUT2D eigenvalue weighted by Gasteiger charge is 2.10. The third kappa shape index (κ3) is 2.71. The first-order valence-electron chi connectivity index (χ1n) is 5.43. The molecule has 0 heterocycles. The first kappa shape index (κ1) is 12.6. The number of aryl methyl sites for hydroxylation is 1. The second-order valence-corrected chi connectivity index (χ2v) is 4.79. The molecule has 2 rings (SSSR count). The predicted molar refractivity (Wildman–Crippen MR) is 74.9 cm³/mol. The number of carbonyl (C=O) groups excluding carboxylic acids is 1. The number of benzene rings is 2. The summed E-state index contributed by atoms with van der Waals surface area (Å²) in [5.41, 5.74) is 2.08. The quantitative estimate of drug-likeness (QED) is 0.831. The van der Waals surface area contributed by atoms with E-state index in [4.69, 9.17) is 0 Å². The third-order valence-electron chi connectivity index (χ3n) is 2.58. The highest BCUT2D eigenvalue weighted by molar-refractivity contribution is 9.10. The molecular formula is C14H12BrNO2. The van der Waals surface area contributed by atoms with Crippen LogP contribution in [0.15, 0.2) is 46.9 Å². The van der Waals surface area contributed by atoms with Gasteiger partial charge in [0, 0.05) is 10.2 Å². The van der Waals surface area contributed by atoms with Crippen molar-refractivity contribution in [2.75, 3.05) is 5.32 Å². The topological polar surface area (TPSA) is 49.3 Å². The monoisotopic (exact) mass is 305 g/mol. The van der Waals surface area contributed by atoms with E-state index in [2.05, 4.69) is 21.2 Å². The number of amides is 1. The molecule has 0 fully saturated rings. The van der Waals surface area contributed by atoms with Gasteiger partial charge >= 0.3 is 0 Å². The maximum atomic E-state index is 12.1. The van der Waals surface area contributed by atoms with Crippen LogP contribution in [0.4, 0.5) is 5.69 Å².